The van der Waals surface area contributed by atoms with E-state index in [9.17, 15) is 21.6 Å². The van der Waals surface area contributed by atoms with E-state index in [-0.39, 0.29) is 10.7 Å². The lowest BCUT2D eigenvalue weighted by Gasteiger charge is -2.19. The fraction of sp³-hybridized carbons (Fsp3) is 0.200. The molecule has 1 unspecified atom stereocenters. The van der Waals surface area contributed by atoms with Crippen LogP contribution in [0.1, 0.15) is 24.1 Å². The second-order valence-electron chi connectivity index (χ2n) is 5.26. The number of hydrogen-bond acceptors (Lipinski definition) is 3. The van der Waals surface area contributed by atoms with E-state index in [0.717, 1.165) is 6.07 Å². The van der Waals surface area contributed by atoms with Gasteiger partial charge in [-0.15, -0.1) is 0 Å². The second-order valence-corrected chi connectivity index (χ2v) is 7.58. The van der Waals surface area contributed by atoms with Crippen LogP contribution in [-0.4, -0.2) is 8.42 Å². The standard InChI is InChI=1S/C15H13Cl2F3N2O2S/c1-8(10-3-2-4-12(16)14(10)17)22-9-5-6-13(25(21,23)24)11(7-9)15(18,19)20/h2-8,22H,1H3,(H2,21,23,24). The lowest BCUT2D eigenvalue weighted by molar-refractivity contribution is -0.139. The van der Waals surface area contributed by atoms with Gasteiger partial charge in [0.25, 0.3) is 0 Å². The molecule has 0 aliphatic carbocycles. The number of benzene rings is 2. The molecule has 0 aliphatic rings. The maximum absolute atomic E-state index is 13.1. The van der Waals surface area contributed by atoms with Crippen LogP contribution in [0.15, 0.2) is 41.3 Å². The van der Waals surface area contributed by atoms with Crippen molar-refractivity contribution in [1.82, 2.24) is 0 Å². The van der Waals surface area contributed by atoms with Crippen molar-refractivity contribution < 1.29 is 21.6 Å². The highest BCUT2D eigenvalue weighted by Crippen LogP contribution is 2.37. The third-order valence-electron chi connectivity index (χ3n) is 3.42. The molecule has 0 amide bonds. The van der Waals surface area contributed by atoms with Gasteiger partial charge in [0.1, 0.15) is 0 Å². The summed E-state index contributed by atoms with van der Waals surface area (Å²) >= 11 is 12.0. The topological polar surface area (TPSA) is 72.2 Å². The summed E-state index contributed by atoms with van der Waals surface area (Å²) in [5, 5.41) is 8.28. The molecule has 3 N–H and O–H groups in total. The van der Waals surface area contributed by atoms with Gasteiger partial charge in [-0.05, 0) is 36.8 Å². The Morgan fingerprint density at radius 3 is 2.36 bits per heavy atom. The predicted molar refractivity (Wildman–Crippen MR) is 91.3 cm³/mol. The molecule has 0 spiro atoms. The normalized spacial score (nSPS) is 13.6. The molecule has 0 radical (unpaired) electrons. The molecule has 2 aromatic carbocycles. The zero-order valence-electron chi connectivity index (χ0n) is 12.7. The van der Waals surface area contributed by atoms with E-state index in [0.29, 0.717) is 16.7 Å². The number of primary sulfonamides is 1. The van der Waals surface area contributed by atoms with Gasteiger partial charge in [0, 0.05) is 5.69 Å². The van der Waals surface area contributed by atoms with Crippen molar-refractivity contribution in [1.29, 1.82) is 0 Å². The van der Waals surface area contributed by atoms with E-state index < -0.39 is 32.7 Å². The van der Waals surface area contributed by atoms with Crippen molar-refractivity contribution in [3.63, 3.8) is 0 Å². The van der Waals surface area contributed by atoms with Gasteiger partial charge >= 0.3 is 6.18 Å². The number of anilines is 1. The molecule has 10 heteroatoms. The predicted octanol–water partition coefficient (Wildman–Crippen LogP) is 4.83. The van der Waals surface area contributed by atoms with Crippen LogP contribution in [0.4, 0.5) is 18.9 Å². The van der Waals surface area contributed by atoms with Crippen molar-refractivity contribution >= 4 is 38.9 Å². The van der Waals surface area contributed by atoms with Crippen LogP contribution >= 0.6 is 23.2 Å². The van der Waals surface area contributed by atoms with E-state index in [1.807, 2.05) is 0 Å². The second kappa shape index (κ2) is 7.03. The van der Waals surface area contributed by atoms with Gasteiger partial charge in [0.2, 0.25) is 10.0 Å². The van der Waals surface area contributed by atoms with Crippen LogP contribution in [-0.2, 0) is 16.2 Å². The SMILES string of the molecule is CC(Nc1ccc(S(N)(=O)=O)c(C(F)(F)F)c1)c1cccc(Cl)c1Cl. The molecule has 0 aromatic heterocycles. The van der Waals surface area contributed by atoms with Gasteiger partial charge in [-0.3, -0.25) is 0 Å². The Morgan fingerprint density at radius 1 is 1.16 bits per heavy atom. The van der Waals surface area contributed by atoms with Crippen molar-refractivity contribution in [2.75, 3.05) is 5.32 Å². The molecule has 0 aliphatic heterocycles. The van der Waals surface area contributed by atoms with E-state index in [4.69, 9.17) is 28.3 Å². The molecule has 0 saturated carbocycles. The number of nitrogens with two attached hydrogens (primary N) is 1. The van der Waals surface area contributed by atoms with Gasteiger partial charge in [0.05, 0.1) is 26.5 Å². The van der Waals surface area contributed by atoms with Gasteiger partial charge in [-0.25, -0.2) is 13.6 Å². The van der Waals surface area contributed by atoms with E-state index in [1.54, 1.807) is 25.1 Å². The summed E-state index contributed by atoms with van der Waals surface area (Å²) in [4.78, 5) is -0.987. The Kier molecular flexibility index (Phi) is 5.58. The number of halogens is 5. The molecule has 2 rings (SSSR count). The van der Waals surface area contributed by atoms with Crippen molar-refractivity contribution in [3.05, 3.63) is 57.6 Å². The summed E-state index contributed by atoms with van der Waals surface area (Å²) in [7, 11) is -4.51. The molecule has 136 valence electrons. The van der Waals surface area contributed by atoms with Crippen molar-refractivity contribution in [2.45, 2.75) is 24.0 Å². The maximum Gasteiger partial charge on any atom is 0.417 e. The summed E-state index contributed by atoms with van der Waals surface area (Å²) in [5.41, 5.74) is -0.703. The summed E-state index contributed by atoms with van der Waals surface area (Å²) < 4.78 is 62.2. The van der Waals surface area contributed by atoms with E-state index in [1.165, 1.54) is 6.07 Å². The molecule has 1 atom stereocenters. The van der Waals surface area contributed by atoms with Crippen LogP contribution < -0.4 is 10.5 Å². The Bertz CT molecular complexity index is 902. The largest absolute Gasteiger partial charge is 0.417 e. The molecule has 2 aromatic rings. The molecule has 4 nitrogen and oxygen atoms in total. The minimum absolute atomic E-state index is 0.0586. The monoisotopic (exact) mass is 412 g/mol. The van der Waals surface area contributed by atoms with Crippen LogP contribution in [0, 0.1) is 0 Å². The molecule has 0 fully saturated rings. The van der Waals surface area contributed by atoms with E-state index in [2.05, 4.69) is 5.32 Å². The number of alkyl halides is 3. The van der Waals surface area contributed by atoms with Crippen LogP contribution in [0.5, 0.6) is 0 Å². The summed E-state index contributed by atoms with van der Waals surface area (Å²) in [5.74, 6) is 0. The minimum atomic E-state index is -4.88. The van der Waals surface area contributed by atoms with Crippen LogP contribution in [0.2, 0.25) is 10.0 Å². The number of nitrogens with one attached hydrogen (secondary N) is 1. The quantitative estimate of drug-likeness (QED) is 0.754. The van der Waals surface area contributed by atoms with E-state index >= 15 is 0 Å². The molecule has 0 heterocycles. The number of sulfonamides is 1. The first-order chi connectivity index (χ1) is 11.4. The molecular formula is C15H13Cl2F3N2O2S. The molecule has 0 bridgehead atoms. The highest BCUT2D eigenvalue weighted by atomic mass is 35.5. The Balaban J connectivity index is 2.43. The maximum atomic E-state index is 13.1. The average molecular weight is 413 g/mol. The minimum Gasteiger partial charge on any atom is -0.378 e. The zero-order valence-corrected chi connectivity index (χ0v) is 15.1. The zero-order chi connectivity index (χ0) is 19.0. The summed E-state index contributed by atoms with van der Waals surface area (Å²) in [6.45, 7) is 1.68. The lowest BCUT2D eigenvalue weighted by atomic mass is 10.1. The van der Waals surface area contributed by atoms with Gasteiger partial charge in [-0.1, -0.05) is 35.3 Å². The third kappa shape index (κ3) is 4.58. The van der Waals surface area contributed by atoms with Gasteiger partial charge in [-0.2, -0.15) is 13.2 Å². The lowest BCUT2D eigenvalue weighted by Crippen LogP contribution is -2.19. The fourth-order valence-corrected chi connectivity index (χ4v) is 3.48. The first-order valence-corrected chi connectivity index (χ1v) is 9.16. The first-order valence-electron chi connectivity index (χ1n) is 6.85. The number of rotatable bonds is 4. The summed E-state index contributed by atoms with van der Waals surface area (Å²) in [6, 6.07) is 7.14. The Morgan fingerprint density at radius 2 is 1.80 bits per heavy atom. The number of hydrogen-bond donors (Lipinski definition) is 2. The van der Waals surface area contributed by atoms with Gasteiger partial charge in [0.15, 0.2) is 0 Å². The van der Waals surface area contributed by atoms with Crippen LogP contribution in [0.25, 0.3) is 0 Å². The van der Waals surface area contributed by atoms with Crippen LogP contribution in [0.3, 0.4) is 0 Å². The first kappa shape index (κ1) is 19.8. The fourth-order valence-electron chi connectivity index (χ4n) is 2.27. The Hall–Kier alpha value is -1.48. The highest BCUT2D eigenvalue weighted by molar-refractivity contribution is 7.89. The molecular weight excluding hydrogens is 400 g/mol. The smallest absolute Gasteiger partial charge is 0.378 e. The highest BCUT2D eigenvalue weighted by Gasteiger charge is 2.36. The molecule has 0 saturated heterocycles. The Labute approximate surface area is 152 Å². The molecule has 25 heavy (non-hydrogen) atoms. The van der Waals surface area contributed by atoms with Crippen molar-refractivity contribution in [3.8, 4) is 0 Å². The third-order valence-corrected chi connectivity index (χ3v) is 5.23. The summed E-state index contributed by atoms with van der Waals surface area (Å²) in [6.07, 6.45) is -4.88. The van der Waals surface area contributed by atoms with Gasteiger partial charge < -0.3 is 5.32 Å². The average Bonchev–Trinajstić information content (AvgIpc) is 2.48. The van der Waals surface area contributed by atoms with Crippen molar-refractivity contribution in [2.24, 2.45) is 5.14 Å².